The Kier molecular flexibility index (Phi) is 5.86. The van der Waals surface area contributed by atoms with Crippen LogP contribution in [0.2, 0.25) is 0 Å². The van der Waals surface area contributed by atoms with Gasteiger partial charge in [0.1, 0.15) is 5.82 Å². The lowest BCUT2D eigenvalue weighted by Crippen LogP contribution is -2.39. The molecule has 164 valence electrons. The standard InChI is InChI=1S/C20H22F3N7O/c1-29-17(12-26-28-29)15-8-14-9-18(25-11-16(14)24-10-15)27-19(31)13-2-5-30(6-3-13)7-4-20(21,22)23/h8-13H,2-7H2,1H3,(H,25,27,31). The number of hydrogen-bond donors (Lipinski definition) is 1. The van der Waals surface area contributed by atoms with E-state index < -0.39 is 12.6 Å². The highest BCUT2D eigenvalue weighted by Crippen LogP contribution is 2.25. The normalized spacial score (nSPS) is 16.0. The summed E-state index contributed by atoms with van der Waals surface area (Å²) in [6, 6.07) is 3.68. The Balaban J connectivity index is 1.39. The maximum atomic E-state index is 12.6. The van der Waals surface area contributed by atoms with Gasteiger partial charge in [0.15, 0.2) is 0 Å². The van der Waals surface area contributed by atoms with E-state index in [0.717, 1.165) is 16.6 Å². The number of aromatic nitrogens is 5. The van der Waals surface area contributed by atoms with Crippen molar-refractivity contribution in [3.63, 3.8) is 0 Å². The fraction of sp³-hybridized carbons (Fsp3) is 0.450. The lowest BCUT2D eigenvalue weighted by atomic mass is 9.96. The van der Waals surface area contributed by atoms with E-state index in [9.17, 15) is 18.0 Å². The number of nitrogens with one attached hydrogen (secondary N) is 1. The molecule has 31 heavy (non-hydrogen) atoms. The number of nitrogens with zero attached hydrogens (tertiary/aromatic N) is 6. The van der Waals surface area contributed by atoms with Crippen LogP contribution in [-0.2, 0) is 11.8 Å². The van der Waals surface area contributed by atoms with Crippen LogP contribution in [0, 0.1) is 5.92 Å². The van der Waals surface area contributed by atoms with Crippen LogP contribution in [0.1, 0.15) is 19.3 Å². The van der Waals surface area contributed by atoms with Crippen LogP contribution in [0.3, 0.4) is 0 Å². The molecule has 1 N–H and O–H groups in total. The molecule has 1 aliphatic rings. The highest BCUT2D eigenvalue weighted by Gasteiger charge is 2.30. The Labute approximate surface area is 176 Å². The van der Waals surface area contributed by atoms with Gasteiger partial charge in [-0.15, -0.1) is 5.10 Å². The predicted octanol–water partition coefficient (Wildman–Crippen LogP) is 3.03. The Morgan fingerprint density at radius 2 is 1.94 bits per heavy atom. The van der Waals surface area contributed by atoms with Gasteiger partial charge in [-0.1, -0.05) is 5.21 Å². The molecule has 0 aromatic carbocycles. The van der Waals surface area contributed by atoms with Gasteiger partial charge in [0.05, 0.1) is 30.0 Å². The molecule has 0 radical (unpaired) electrons. The monoisotopic (exact) mass is 433 g/mol. The van der Waals surface area contributed by atoms with E-state index >= 15 is 0 Å². The summed E-state index contributed by atoms with van der Waals surface area (Å²) >= 11 is 0. The number of fused-ring (bicyclic) bond motifs is 1. The summed E-state index contributed by atoms with van der Waals surface area (Å²) in [5.41, 5.74) is 2.35. The van der Waals surface area contributed by atoms with E-state index in [1.54, 1.807) is 41.3 Å². The molecular weight excluding hydrogens is 411 g/mol. The lowest BCUT2D eigenvalue weighted by molar-refractivity contribution is -0.139. The molecule has 8 nitrogen and oxygen atoms in total. The number of carbonyl (C=O) groups is 1. The molecule has 1 amide bonds. The number of hydrogen-bond acceptors (Lipinski definition) is 6. The van der Waals surface area contributed by atoms with Crippen LogP contribution in [0.15, 0.2) is 30.7 Å². The molecule has 0 saturated carbocycles. The minimum atomic E-state index is -4.15. The molecule has 0 atom stereocenters. The molecule has 0 aliphatic carbocycles. The molecular formula is C20H22F3N7O. The van der Waals surface area contributed by atoms with Gasteiger partial charge in [-0.05, 0) is 38.1 Å². The van der Waals surface area contributed by atoms with E-state index in [2.05, 4.69) is 25.6 Å². The number of anilines is 1. The summed E-state index contributed by atoms with van der Waals surface area (Å²) in [5.74, 6) is 0.00552. The van der Waals surface area contributed by atoms with Crippen molar-refractivity contribution in [3.05, 3.63) is 30.7 Å². The average molecular weight is 433 g/mol. The Morgan fingerprint density at radius 3 is 2.61 bits per heavy atom. The molecule has 1 saturated heterocycles. The van der Waals surface area contributed by atoms with Crippen molar-refractivity contribution in [1.29, 1.82) is 0 Å². The number of pyridine rings is 2. The number of aryl methyl sites for hydroxylation is 1. The second-order valence-electron chi connectivity index (χ2n) is 7.70. The maximum Gasteiger partial charge on any atom is 0.390 e. The molecule has 1 aliphatic heterocycles. The zero-order chi connectivity index (χ0) is 22.0. The van der Waals surface area contributed by atoms with Crippen molar-refractivity contribution in [1.82, 2.24) is 29.9 Å². The van der Waals surface area contributed by atoms with Crippen molar-refractivity contribution < 1.29 is 18.0 Å². The summed E-state index contributed by atoms with van der Waals surface area (Å²) in [7, 11) is 1.79. The minimum absolute atomic E-state index is 0.0222. The average Bonchev–Trinajstić information content (AvgIpc) is 3.17. The van der Waals surface area contributed by atoms with E-state index in [4.69, 9.17) is 0 Å². The Bertz CT molecular complexity index is 1070. The summed E-state index contributed by atoms with van der Waals surface area (Å²) in [5, 5.41) is 11.4. The highest BCUT2D eigenvalue weighted by molar-refractivity contribution is 5.94. The van der Waals surface area contributed by atoms with Crippen LogP contribution in [-0.4, -0.2) is 61.6 Å². The molecule has 4 heterocycles. The smallest absolute Gasteiger partial charge is 0.310 e. The van der Waals surface area contributed by atoms with Crippen molar-refractivity contribution in [2.75, 3.05) is 25.0 Å². The van der Waals surface area contributed by atoms with Gasteiger partial charge in [-0.3, -0.25) is 9.78 Å². The summed E-state index contributed by atoms with van der Waals surface area (Å²) in [4.78, 5) is 23.1. The first kappa shape index (κ1) is 21.2. The molecule has 0 unspecified atom stereocenters. The van der Waals surface area contributed by atoms with Gasteiger partial charge in [-0.25, -0.2) is 9.67 Å². The number of likely N-dealkylation sites (tertiary alicyclic amines) is 1. The van der Waals surface area contributed by atoms with Crippen LogP contribution in [0.5, 0.6) is 0 Å². The molecule has 4 rings (SSSR count). The van der Waals surface area contributed by atoms with Crippen molar-refractivity contribution in [3.8, 4) is 11.3 Å². The molecule has 3 aromatic rings. The van der Waals surface area contributed by atoms with Gasteiger partial charge >= 0.3 is 6.18 Å². The second kappa shape index (κ2) is 8.58. The van der Waals surface area contributed by atoms with Gasteiger partial charge in [0.25, 0.3) is 0 Å². The zero-order valence-corrected chi connectivity index (χ0v) is 16.9. The van der Waals surface area contributed by atoms with Crippen LogP contribution < -0.4 is 5.32 Å². The molecule has 11 heteroatoms. The van der Waals surface area contributed by atoms with Gasteiger partial charge in [-0.2, -0.15) is 13.2 Å². The minimum Gasteiger partial charge on any atom is -0.310 e. The molecule has 3 aromatic heterocycles. The van der Waals surface area contributed by atoms with Crippen LogP contribution >= 0.6 is 0 Å². The van der Waals surface area contributed by atoms with Crippen molar-refractivity contribution >= 4 is 22.6 Å². The van der Waals surface area contributed by atoms with Crippen LogP contribution in [0.25, 0.3) is 22.2 Å². The topological polar surface area (TPSA) is 88.8 Å². The van der Waals surface area contributed by atoms with Crippen molar-refractivity contribution in [2.45, 2.75) is 25.4 Å². The third-order valence-electron chi connectivity index (χ3n) is 5.50. The Morgan fingerprint density at radius 1 is 1.16 bits per heavy atom. The van der Waals surface area contributed by atoms with Gasteiger partial charge in [0.2, 0.25) is 5.91 Å². The van der Waals surface area contributed by atoms with E-state index in [-0.39, 0.29) is 18.4 Å². The number of rotatable bonds is 5. The molecule has 1 fully saturated rings. The first-order valence-corrected chi connectivity index (χ1v) is 9.99. The highest BCUT2D eigenvalue weighted by atomic mass is 19.4. The SMILES string of the molecule is Cn1nncc1-c1cnc2cnc(NC(=O)C3CCN(CCC(F)(F)F)CC3)cc2c1. The zero-order valence-electron chi connectivity index (χ0n) is 16.9. The maximum absolute atomic E-state index is 12.6. The number of carbonyl (C=O) groups excluding carboxylic acids is 1. The van der Waals surface area contributed by atoms with E-state index in [1.165, 1.54) is 0 Å². The molecule has 0 bridgehead atoms. The first-order chi connectivity index (χ1) is 14.8. The summed E-state index contributed by atoms with van der Waals surface area (Å²) in [6.45, 7) is 0.933. The van der Waals surface area contributed by atoms with Crippen molar-refractivity contribution in [2.24, 2.45) is 13.0 Å². The van der Waals surface area contributed by atoms with E-state index in [1.807, 2.05) is 6.07 Å². The fourth-order valence-electron chi connectivity index (χ4n) is 3.72. The second-order valence-corrected chi connectivity index (χ2v) is 7.70. The largest absolute Gasteiger partial charge is 0.390 e. The number of halogens is 3. The fourth-order valence-corrected chi connectivity index (χ4v) is 3.72. The lowest BCUT2D eigenvalue weighted by Gasteiger charge is -2.31. The van der Waals surface area contributed by atoms with Gasteiger partial charge < -0.3 is 10.2 Å². The first-order valence-electron chi connectivity index (χ1n) is 9.99. The third kappa shape index (κ3) is 5.16. The predicted molar refractivity (Wildman–Crippen MR) is 108 cm³/mol. The quantitative estimate of drug-likeness (QED) is 0.666. The van der Waals surface area contributed by atoms with Gasteiger partial charge in [0, 0.05) is 36.7 Å². The Hall–Kier alpha value is -3.08. The number of alkyl halides is 3. The van der Waals surface area contributed by atoms with Crippen LogP contribution in [0.4, 0.5) is 19.0 Å². The van der Waals surface area contributed by atoms with E-state index in [0.29, 0.717) is 37.3 Å². The summed E-state index contributed by atoms with van der Waals surface area (Å²) in [6.07, 6.45) is 1.03. The third-order valence-corrected chi connectivity index (χ3v) is 5.50. The number of amides is 1. The summed E-state index contributed by atoms with van der Waals surface area (Å²) < 4.78 is 38.8. The molecule has 0 spiro atoms. The number of piperidine rings is 1.